The van der Waals surface area contributed by atoms with Crippen molar-refractivity contribution in [2.24, 2.45) is 5.92 Å². The van der Waals surface area contributed by atoms with E-state index < -0.39 is 0 Å². The van der Waals surface area contributed by atoms with Crippen LogP contribution in [0.2, 0.25) is 0 Å². The Bertz CT molecular complexity index is 661. The Labute approximate surface area is 141 Å². The average Bonchev–Trinajstić information content (AvgIpc) is 3.03. The fraction of sp³-hybridized carbons (Fsp3) is 0.444. The SMILES string of the molecule is CSCCC(NC(=O)C1CC=CCC1)c1nc2ccccc2[nH]1. The first-order chi connectivity index (χ1) is 11.3. The molecule has 5 heteroatoms. The summed E-state index contributed by atoms with van der Waals surface area (Å²) in [7, 11) is 0. The fourth-order valence-electron chi connectivity index (χ4n) is 2.97. The summed E-state index contributed by atoms with van der Waals surface area (Å²) in [6.07, 6.45) is 10.0. The third kappa shape index (κ3) is 3.96. The number of thioether (sulfide) groups is 1. The molecule has 0 saturated carbocycles. The molecule has 4 nitrogen and oxygen atoms in total. The van der Waals surface area contributed by atoms with E-state index in [1.165, 1.54) is 0 Å². The van der Waals surface area contributed by atoms with E-state index in [-0.39, 0.29) is 17.9 Å². The zero-order valence-electron chi connectivity index (χ0n) is 13.4. The zero-order chi connectivity index (χ0) is 16.1. The number of aromatic nitrogens is 2. The largest absolute Gasteiger partial charge is 0.346 e. The Hall–Kier alpha value is -1.75. The standard InChI is InChI=1S/C18H23N3OS/c1-23-12-11-16(21-18(22)13-7-3-2-4-8-13)17-19-14-9-5-6-10-15(14)20-17/h2-3,5-6,9-10,13,16H,4,7-8,11-12H2,1H3,(H,19,20)(H,21,22). The first kappa shape index (κ1) is 16.1. The summed E-state index contributed by atoms with van der Waals surface area (Å²) >= 11 is 1.79. The van der Waals surface area contributed by atoms with E-state index in [0.717, 1.165) is 48.3 Å². The fourth-order valence-corrected chi connectivity index (χ4v) is 3.44. The lowest BCUT2D eigenvalue weighted by Crippen LogP contribution is -2.35. The van der Waals surface area contributed by atoms with Gasteiger partial charge in [-0.1, -0.05) is 24.3 Å². The molecule has 122 valence electrons. The summed E-state index contributed by atoms with van der Waals surface area (Å²) in [6, 6.07) is 7.94. The molecule has 2 aromatic rings. The van der Waals surface area contributed by atoms with Gasteiger partial charge in [-0.2, -0.15) is 11.8 Å². The number of carbonyl (C=O) groups excluding carboxylic acids is 1. The van der Waals surface area contributed by atoms with Crippen LogP contribution in [0.25, 0.3) is 11.0 Å². The van der Waals surface area contributed by atoms with E-state index in [1.54, 1.807) is 11.8 Å². The maximum Gasteiger partial charge on any atom is 0.224 e. The summed E-state index contributed by atoms with van der Waals surface area (Å²) in [5.41, 5.74) is 1.97. The van der Waals surface area contributed by atoms with Gasteiger partial charge in [0, 0.05) is 5.92 Å². The van der Waals surface area contributed by atoms with E-state index in [0.29, 0.717) is 0 Å². The Morgan fingerprint density at radius 2 is 2.30 bits per heavy atom. The molecule has 2 N–H and O–H groups in total. The third-order valence-corrected chi connectivity index (χ3v) is 4.95. The number of benzene rings is 1. The summed E-state index contributed by atoms with van der Waals surface area (Å²) in [5, 5.41) is 3.22. The average molecular weight is 329 g/mol. The van der Waals surface area contributed by atoms with Gasteiger partial charge in [-0.05, 0) is 49.8 Å². The molecule has 23 heavy (non-hydrogen) atoms. The maximum absolute atomic E-state index is 12.6. The highest BCUT2D eigenvalue weighted by atomic mass is 32.2. The molecule has 3 rings (SSSR count). The summed E-state index contributed by atoms with van der Waals surface area (Å²) in [4.78, 5) is 20.6. The van der Waals surface area contributed by atoms with Crippen molar-refractivity contribution in [1.29, 1.82) is 0 Å². The molecule has 0 radical (unpaired) electrons. The van der Waals surface area contributed by atoms with E-state index >= 15 is 0 Å². The second-order valence-corrected chi connectivity index (χ2v) is 6.95. The van der Waals surface area contributed by atoms with Crippen LogP contribution in [0.5, 0.6) is 0 Å². The number of nitrogens with zero attached hydrogens (tertiary/aromatic N) is 1. The molecule has 1 heterocycles. The number of aromatic amines is 1. The summed E-state index contributed by atoms with van der Waals surface area (Å²) < 4.78 is 0. The number of amides is 1. The first-order valence-corrected chi connectivity index (χ1v) is 9.56. The zero-order valence-corrected chi connectivity index (χ0v) is 14.2. The number of carbonyl (C=O) groups is 1. The highest BCUT2D eigenvalue weighted by Crippen LogP contribution is 2.23. The van der Waals surface area contributed by atoms with E-state index in [9.17, 15) is 4.79 Å². The second kappa shape index (κ2) is 7.68. The number of imidazole rings is 1. The maximum atomic E-state index is 12.6. The Morgan fingerprint density at radius 1 is 1.43 bits per heavy atom. The number of rotatable bonds is 6. The minimum Gasteiger partial charge on any atom is -0.346 e. The monoisotopic (exact) mass is 329 g/mol. The van der Waals surface area contributed by atoms with Gasteiger partial charge >= 0.3 is 0 Å². The molecule has 0 fully saturated rings. The number of hydrogen-bond acceptors (Lipinski definition) is 3. The van der Waals surface area contributed by atoms with E-state index in [2.05, 4.69) is 33.7 Å². The molecule has 2 unspecified atom stereocenters. The van der Waals surface area contributed by atoms with Gasteiger partial charge in [0.1, 0.15) is 5.82 Å². The minimum absolute atomic E-state index is 0.0479. The van der Waals surface area contributed by atoms with E-state index in [1.807, 2.05) is 24.3 Å². The lowest BCUT2D eigenvalue weighted by Gasteiger charge is -2.22. The molecule has 1 amide bonds. The Balaban J connectivity index is 1.76. The predicted molar refractivity (Wildman–Crippen MR) is 96.5 cm³/mol. The Morgan fingerprint density at radius 3 is 3.04 bits per heavy atom. The van der Waals surface area contributed by atoms with Crippen molar-refractivity contribution in [3.8, 4) is 0 Å². The molecule has 0 saturated heterocycles. The molecule has 0 aliphatic heterocycles. The van der Waals surface area contributed by atoms with Gasteiger partial charge in [-0.15, -0.1) is 0 Å². The lowest BCUT2D eigenvalue weighted by atomic mass is 9.93. The van der Waals surface area contributed by atoms with Gasteiger partial charge in [-0.25, -0.2) is 4.98 Å². The molecule has 1 aromatic heterocycles. The molecule has 1 aliphatic carbocycles. The number of fused-ring (bicyclic) bond motifs is 1. The highest BCUT2D eigenvalue weighted by molar-refractivity contribution is 7.98. The van der Waals surface area contributed by atoms with Crippen LogP contribution in [0.15, 0.2) is 36.4 Å². The van der Waals surface area contributed by atoms with Crippen molar-refractivity contribution in [3.05, 3.63) is 42.2 Å². The topological polar surface area (TPSA) is 57.8 Å². The number of allylic oxidation sites excluding steroid dienone is 2. The molecular formula is C18H23N3OS. The van der Waals surface area contributed by atoms with Crippen molar-refractivity contribution in [3.63, 3.8) is 0 Å². The highest BCUT2D eigenvalue weighted by Gasteiger charge is 2.24. The van der Waals surface area contributed by atoms with Crippen LogP contribution in [-0.4, -0.2) is 27.9 Å². The van der Waals surface area contributed by atoms with Crippen LogP contribution >= 0.6 is 11.8 Å². The molecule has 0 bridgehead atoms. The first-order valence-electron chi connectivity index (χ1n) is 8.17. The second-order valence-electron chi connectivity index (χ2n) is 5.96. The third-order valence-electron chi connectivity index (χ3n) is 4.30. The number of para-hydroxylation sites is 2. The van der Waals surface area contributed by atoms with Crippen LogP contribution in [0.3, 0.4) is 0 Å². The normalized spacial score (nSPS) is 18.9. The van der Waals surface area contributed by atoms with Gasteiger partial charge in [0.05, 0.1) is 17.1 Å². The Kier molecular flexibility index (Phi) is 5.39. The van der Waals surface area contributed by atoms with Gasteiger partial charge in [0.15, 0.2) is 0 Å². The van der Waals surface area contributed by atoms with Crippen LogP contribution in [-0.2, 0) is 4.79 Å². The van der Waals surface area contributed by atoms with Crippen LogP contribution < -0.4 is 5.32 Å². The van der Waals surface area contributed by atoms with Crippen molar-refractivity contribution in [2.45, 2.75) is 31.7 Å². The quantitative estimate of drug-likeness (QED) is 0.792. The van der Waals surface area contributed by atoms with Crippen molar-refractivity contribution >= 4 is 28.7 Å². The van der Waals surface area contributed by atoms with Gasteiger partial charge < -0.3 is 10.3 Å². The van der Waals surface area contributed by atoms with Gasteiger partial charge in [0.25, 0.3) is 0 Å². The van der Waals surface area contributed by atoms with Crippen LogP contribution in [0.4, 0.5) is 0 Å². The molecule has 2 atom stereocenters. The van der Waals surface area contributed by atoms with Gasteiger partial charge in [-0.3, -0.25) is 4.79 Å². The van der Waals surface area contributed by atoms with Crippen molar-refractivity contribution in [1.82, 2.24) is 15.3 Å². The van der Waals surface area contributed by atoms with Crippen molar-refractivity contribution in [2.75, 3.05) is 12.0 Å². The van der Waals surface area contributed by atoms with Crippen LogP contribution in [0, 0.1) is 5.92 Å². The van der Waals surface area contributed by atoms with E-state index in [4.69, 9.17) is 0 Å². The number of hydrogen-bond donors (Lipinski definition) is 2. The summed E-state index contributed by atoms with van der Waals surface area (Å²) in [5.74, 6) is 2.11. The molecule has 0 spiro atoms. The van der Waals surface area contributed by atoms with Gasteiger partial charge in [0.2, 0.25) is 5.91 Å². The number of nitrogens with one attached hydrogen (secondary N) is 2. The molecule has 1 aromatic carbocycles. The summed E-state index contributed by atoms with van der Waals surface area (Å²) in [6.45, 7) is 0. The number of H-pyrrole nitrogens is 1. The predicted octanol–water partition coefficient (Wildman–Crippen LogP) is 3.83. The van der Waals surface area contributed by atoms with Crippen molar-refractivity contribution < 1.29 is 4.79 Å². The lowest BCUT2D eigenvalue weighted by molar-refractivity contribution is -0.126. The molecule has 1 aliphatic rings. The smallest absolute Gasteiger partial charge is 0.224 e. The minimum atomic E-state index is -0.0479. The molecular weight excluding hydrogens is 306 g/mol. The van der Waals surface area contributed by atoms with Crippen LogP contribution in [0.1, 0.15) is 37.5 Å².